The van der Waals surface area contributed by atoms with E-state index >= 15 is 0 Å². The molecule has 1 N–H and O–H groups in total. The highest BCUT2D eigenvalue weighted by atomic mass is 16.1. The lowest BCUT2D eigenvalue weighted by molar-refractivity contribution is -0.116. The van der Waals surface area contributed by atoms with Crippen LogP contribution in [0.5, 0.6) is 0 Å². The molecule has 0 radical (unpaired) electrons. The van der Waals surface area contributed by atoms with Gasteiger partial charge in [-0.2, -0.15) is 0 Å². The van der Waals surface area contributed by atoms with Gasteiger partial charge in [0.2, 0.25) is 5.91 Å². The van der Waals surface area contributed by atoms with Gasteiger partial charge in [-0.1, -0.05) is 72.8 Å². The maximum atomic E-state index is 13.1. The van der Waals surface area contributed by atoms with Crippen LogP contribution in [0.15, 0.2) is 84.9 Å². The Morgan fingerprint density at radius 1 is 0.800 bits per heavy atom. The van der Waals surface area contributed by atoms with Crippen LogP contribution in [0.4, 0.5) is 11.4 Å². The average molecular weight is 400 g/mol. The standard InChI is InChI=1S/C26H29N3O/c1-28-16-18-29(19-17-28)25-15-9-8-14-24(25)27-26(30)20-23(21-10-4-2-5-11-21)22-12-6-3-7-13-22/h2-15,23H,16-20H2,1H3,(H,27,30). The minimum absolute atomic E-state index is 0.0307. The molecule has 30 heavy (non-hydrogen) atoms. The lowest BCUT2D eigenvalue weighted by atomic mass is 9.88. The van der Waals surface area contributed by atoms with Gasteiger partial charge < -0.3 is 15.1 Å². The number of nitrogens with one attached hydrogen (secondary N) is 1. The minimum atomic E-state index is 0.0307. The van der Waals surface area contributed by atoms with E-state index in [0.29, 0.717) is 6.42 Å². The molecule has 3 aromatic rings. The molecule has 0 aromatic heterocycles. The summed E-state index contributed by atoms with van der Waals surface area (Å²) in [6, 6.07) is 28.7. The molecule has 1 fully saturated rings. The molecule has 4 rings (SSSR count). The lowest BCUT2D eigenvalue weighted by Crippen LogP contribution is -2.44. The third-order valence-corrected chi connectivity index (χ3v) is 5.82. The van der Waals surface area contributed by atoms with Crippen molar-refractivity contribution in [1.29, 1.82) is 0 Å². The second kappa shape index (κ2) is 9.59. The number of nitrogens with zero attached hydrogens (tertiary/aromatic N) is 2. The Labute approximate surface area is 179 Å². The Balaban J connectivity index is 1.52. The Hall–Kier alpha value is -3.11. The Bertz CT molecular complexity index is 911. The fourth-order valence-electron chi connectivity index (χ4n) is 4.09. The predicted molar refractivity (Wildman–Crippen MR) is 124 cm³/mol. The van der Waals surface area contributed by atoms with E-state index in [1.54, 1.807) is 0 Å². The summed E-state index contributed by atoms with van der Waals surface area (Å²) in [5.41, 5.74) is 4.32. The molecule has 1 heterocycles. The maximum Gasteiger partial charge on any atom is 0.225 e. The summed E-state index contributed by atoms with van der Waals surface area (Å²) in [5, 5.41) is 3.19. The molecule has 4 nitrogen and oxygen atoms in total. The zero-order valence-electron chi connectivity index (χ0n) is 17.5. The largest absolute Gasteiger partial charge is 0.367 e. The van der Waals surface area contributed by atoms with Crippen LogP contribution in [0.25, 0.3) is 0 Å². The normalized spacial score (nSPS) is 14.7. The summed E-state index contributed by atoms with van der Waals surface area (Å²) in [6.07, 6.45) is 0.408. The van der Waals surface area contributed by atoms with Crippen LogP contribution >= 0.6 is 0 Å². The first-order valence-corrected chi connectivity index (χ1v) is 10.6. The van der Waals surface area contributed by atoms with Crippen molar-refractivity contribution in [3.63, 3.8) is 0 Å². The lowest BCUT2D eigenvalue weighted by Gasteiger charge is -2.35. The van der Waals surface area contributed by atoms with Gasteiger partial charge in [0.25, 0.3) is 0 Å². The number of benzene rings is 3. The molecule has 1 aliphatic rings. The van der Waals surface area contributed by atoms with Gasteiger partial charge in [-0.15, -0.1) is 0 Å². The summed E-state index contributed by atoms with van der Waals surface area (Å²) in [5.74, 6) is 0.0671. The van der Waals surface area contributed by atoms with Gasteiger partial charge >= 0.3 is 0 Å². The number of carbonyl (C=O) groups is 1. The molecular weight excluding hydrogens is 370 g/mol. The fourth-order valence-corrected chi connectivity index (χ4v) is 4.09. The van der Waals surface area contributed by atoms with Crippen LogP contribution in [-0.4, -0.2) is 44.0 Å². The molecule has 1 saturated heterocycles. The Kier molecular flexibility index (Phi) is 6.45. The quantitative estimate of drug-likeness (QED) is 0.658. The highest BCUT2D eigenvalue weighted by Crippen LogP contribution is 2.30. The molecule has 3 aromatic carbocycles. The van der Waals surface area contributed by atoms with E-state index in [0.717, 1.165) is 48.7 Å². The number of hydrogen-bond acceptors (Lipinski definition) is 3. The molecular formula is C26H29N3O. The first-order chi connectivity index (χ1) is 14.7. The highest BCUT2D eigenvalue weighted by molar-refractivity contribution is 5.95. The third-order valence-electron chi connectivity index (χ3n) is 5.82. The molecule has 0 saturated carbocycles. The topological polar surface area (TPSA) is 35.6 Å². The third kappa shape index (κ3) is 4.89. The van der Waals surface area contributed by atoms with E-state index in [1.165, 1.54) is 0 Å². The number of piperazine rings is 1. The smallest absolute Gasteiger partial charge is 0.225 e. The van der Waals surface area contributed by atoms with Crippen molar-refractivity contribution in [3.05, 3.63) is 96.1 Å². The van der Waals surface area contributed by atoms with Gasteiger partial charge in [0, 0.05) is 38.5 Å². The molecule has 0 aliphatic carbocycles. The number of anilines is 2. The molecule has 0 bridgehead atoms. The van der Waals surface area contributed by atoms with Crippen LogP contribution in [0.2, 0.25) is 0 Å². The van der Waals surface area contributed by atoms with Gasteiger partial charge in [0.1, 0.15) is 0 Å². The van der Waals surface area contributed by atoms with E-state index in [1.807, 2.05) is 54.6 Å². The number of amides is 1. The van der Waals surface area contributed by atoms with Gasteiger partial charge in [-0.05, 0) is 30.3 Å². The van der Waals surface area contributed by atoms with Crippen LogP contribution in [-0.2, 0) is 4.79 Å². The van der Waals surface area contributed by atoms with Crippen LogP contribution in [0.1, 0.15) is 23.5 Å². The summed E-state index contributed by atoms with van der Waals surface area (Å²) in [4.78, 5) is 17.8. The summed E-state index contributed by atoms with van der Waals surface area (Å²) < 4.78 is 0. The molecule has 0 spiro atoms. The number of hydrogen-bond donors (Lipinski definition) is 1. The predicted octanol–water partition coefficient (Wildman–Crippen LogP) is 4.60. The van der Waals surface area contributed by atoms with Crippen molar-refractivity contribution in [2.24, 2.45) is 0 Å². The van der Waals surface area contributed by atoms with Crippen molar-refractivity contribution < 1.29 is 4.79 Å². The van der Waals surface area contributed by atoms with E-state index < -0.39 is 0 Å². The number of para-hydroxylation sites is 2. The molecule has 154 valence electrons. The van der Waals surface area contributed by atoms with Crippen molar-refractivity contribution in [2.75, 3.05) is 43.4 Å². The maximum absolute atomic E-state index is 13.1. The van der Waals surface area contributed by atoms with Gasteiger partial charge in [-0.3, -0.25) is 4.79 Å². The van der Waals surface area contributed by atoms with E-state index in [9.17, 15) is 4.79 Å². The number of likely N-dealkylation sites (N-methyl/N-ethyl adjacent to an activating group) is 1. The Morgan fingerprint density at radius 3 is 1.93 bits per heavy atom. The summed E-state index contributed by atoms with van der Waals surface area (Å²) in [6.45, 7) is 4.01. The second-order valence-electron chi connectivity index (χ2n) is 7.93. The number of rotatable bonds is 6. The molecule has 0 unspecified atom stereocenters. The van der Waals surface area contributed by atoms with E-state index in [4.69, 9.17) is 0 Å². The van der Waals surface area contributed by atoms with Crippen molar-refractivity contribution in [1.82, 2.24) is 4.90 Å². The second-order valence-corrected chi connectivity index (χ2v) is 7.93. The van der Waals surface area contributed by atoms with Crippen molar-refractivity contribution >= 4 is 17.3 Å². The highest BCUT2D eigenvalue weighted by Gasteiger charge is 2.21. The van der Waals surface area contributed by atoms with E-state index in [2.05, 4.69) is 52.5 Å². The average Bonchev–Trinajstić information content (AvgIpc) is 2.80. The monoisotopic (exact) mass is 399 g/mol. The SMILES string of the molecule is CN1CCN(c2ccccc2NC(=O)CC(c2ccccc2)c2ccccc2)CC1. The van der Waals surface area contributed by atoms with Gasteiger partial charge in [0.05, 0.1) is 11.4 Å². The minimum Gasteiger partial charge on any atom is -0.367 e. The zero-order chi connectivity index (χ0) is 20.8. The Morgan fingerprint density at radius 2 is 1.33 bits per heavy atom. The summed E-state index contributed by atoms with van der Waals surface area (Å²) in [7, 11) is 2.15. The molecule has 1 aliphatic heterocycles. The molecule has 1 amide bonds. The van der Waals surface area contributed by atoms with Crippen molar-refractivity contribution in [3.8, 4) is 0 Å². The van der Waals surface area contributed by atoms with Gasteiger partial charge in [-0.25, -0.2) is 0 Å². The van der Waals surface area contributed by atoms with Crippen molar-refractivity contribution in [2.45, 2.75) is 12.3 Å². The van der Waals surface area contributed by atoms with Crippen LogP contribution in [0.3, 0.4) is 0 Å². The molecule has 4 heteroatoms. The summed E-state index contributed by atoms with van der Waals surface area (Å²) >= 11 is 0. The molecule has 0 atom stereocenters. The van der Waals surface area contributed by atoms with Gasteiger partial charge in [0.15, 0.2) is 0 Å². The van der Waals surface area contributed by atoms with Crippen LogP contribution in [0, 0.1) is 0 Å². The van der Waals surface area contributed by atoms with E-state index in [-0.39, 0.29) is 11.8 Å². The fraction of sp³-hybridized carbons (Fsp3) is 0.269. The van der Waals surface area contributed by atoms with Crippen LogP contribution < -0.4 is 10.2 Å². The zero-order valence-corrected chi connectivity index (χ0v) is 17.5. The first-order valence-electron chi connectivity index (χ1n) is 10.6. The first kappa shape index (κ1) is 20.2. The number of carbonyl (C=O) groups excluding carboxylic acids is 1.